The molecule has 0 atom stereocenters. The van der Waals surface area contributed by atoms with E-state index in [1.807, 2.05) is 20.7 Å². The Morgan fingerprint density at radius 3 is 2.68 bits per heavy atom. The van der Waals surface area contributed by atoms with Crippen LogP contribution in [0.25, 0.3) is 16.0 Å². The Morgan fingerprint density at radius 1 is 1.13 bits per heavy atom. The number of fused-ring (bicyclic) bond motifs is 3. The van der Waals surface area contributed by atoms with Crippen molar-refractivity contribution < 1.29 is 4.79 Å². The summed E-state index contributed by atoms with van der Waals surface area (Å²) in [6, 6.07) is 2.60. The number of aryl methyl sites for hydroxylation is 2. The zero-order chi connectivity index (χ0) is 21.4. The van der Waals surface area contributed by atoms with Crippen LogP contribution in [0.2, 0.25) is 0 Å². The minimum Gasteiger partial charge on any atom is -0.343 e. The number of amides is 1. The van der Waals surface area contributed by atoms with Gasteiger partial charge < -0.3 is 9.80 Å². The van der Waals surface area contributed by atoms with Crippen LogP contribution in [0.15, 0.2) is 16.2 Å². The largest absolute Gasteiger partial charge is 0.343 e. The lowest BCUT2D eigenvalue weighted by molar-refractivity contribution is -0.132. The number of carbonyl (C=O) groups excluding carboxylic acids is 1. The van der Waals surface area contributed by atoms with E-state index < -0.39 is 0 Å². The molecule has 5 rings (SSSR count). The molecular formula is C22H30N6O2S. The zero-order valence-corrected chi connectivity index (χ0v) is 18.9. The van der Waals surface area contributed by atoms with Crippen LogP contribution < -0.4 is 5.56 Å². The topological polar surface area (TPSA) is 75.7 Å². The summed E-state index contributed by atoms with van der Waals surface area (Å²) in [5.41, 5.74) is 0.814. The van der Waals surface area contributed by atoms with Crippen LogP contribution in [-0.4, -0.2) is 67.1 Å². The van der Waals surface area contributed by atoms with Gasteiger partial charge >= 0.3 is 0 Å². The molecule has 0 saturated carbocycles. The monoisotopic (exact) mass is 442 g/mol. The Bertz CT molecular complexity index is 1130. The van der Waals surface area contributed by atoms with E-state index in [0.29, 0.717) is 29.4 Å². The summed E-state index contributed by atoms with van der Waals surface area (Å²) >= 11 is 1.44. The number of hydrogen-bond acceptors (Lipinski definition) is 6. The van der Waals surface area contributed by atoms with Gasteiger partial charge in [-0.15, -0.1) is 21.5 Å². The fourth-order valence-electron chi connectivity index (χ4n) is 5.13. The van der Waals surface area contributed by atoms with Crippen molar-refractivity contribution in [2.75, 3.05) is 26.2 Å². The number of carbonyl (C=O) groups is 1. The standard InChI is InChI=1S/C22H30N6O2S/c1-25-21(30)20-17(10-15-31-20)28-18(23-24-22(25)28)6-5-7-19(29)27-13-8-16(9-14-27)26-11-3-2-4-12-26/h10,15-16H,2-9,11-14H2,1H3. The van der Waals surface area contributed by atoms with E-state index in [9.17, 15) is 9.59 Å². The molecule has 0 unspecified atom stereocenters. The van der Waals surface area contributed by atoms with Gasteiger partial charge in [-0.1, -0.05) is 6.42 Å². The lowest BCUT2D eigenvalue weighted by Gasteiger charge is -2.40. The first-order valence-corrected chi connectivity index (χ1v) is 12.3. The summed E-state index contributed by atoms with van der Waals surface area (Å²) in [5, 5.41) is 10.5. The quantitative estimate of drug-likeness (QED) is 0.607. The first-order valence-electron chi connectivity index (χ1n) is 11.5. The van der Waals surface area contributed by atoms with E-state index in [-0.39, 0.29) is 11.5 Å². The molecule has 0 aromatic carbocycles. The Labute approximate surface area is 185 Å². The second kappa shape index (κ2) is 8.70. The summed E-state index contributed by atoms with van der Waals surface area (Å²) in [7, 11) is 1.73. The number of hydrogen-bond donors (Lipinski definition) is 0. The van der Waals surface area contributed by atoms with Crippen LogP contribution in [-0.2, 0) is 18.3 Å². The third-order valence-electron chi connectivity index (χ3n) is 6.91. The first-order chi connectivity index (χ1) is 15.1. The number of nitrogens with zero attached hydrogens (tertiary/aromatic N) is 6. The Morgan fingerprint density at radius 2 is 1.90 bits per heavy atom. The predicted molar refractivity (Wildman–Crippen MR) is 122 cm³/mol. The number of rotatable bonds is 5. The lowest BCUT2D eigenvalue weighted by atomic mass is 9.99. The summed E-state index contributed by atoms with van der Waals surface area (Å²) in [5.74, 6) is 1.61. The minimum absolute atomic E-state index is 0.0421. The van der Waals surface area contributed by atoms with Crippen LogP contribution in [0, 0.1) is 0 Å². The van der Waals surface area contributed by atoms with Gasteiger partial charge in [0.25, 0.3) is 5.56 Å². The van der Waals surface area contributed by atoms with Crippen molar-refractivity contribution in [3.05, 3.63) is 27.6 Å². The number of thiophene rings is 1. The summed E-state index contributed by atoms with van der Waals surface area (Å²) in [6.45, 7) is 4.22. The van der Waals surface area contributed by atoms with E-state index in [1.165, 1.54) is 43.7 Å². The minimum atomic E-state index is -0.0421. The van der Waals surface area contributed by atoms with Crippen LogP contribution in [0.3, 0.4) is 0 Å². The molecule has 8 nitrogen and oxygen atoms in total. The van der Waals surface area contributed by atoms with Gasteiger partial charge in [0.05, 0.1) is 5.52 Å². The van der Waals surface area contributed by atoms with Gasteiger partial charge in [-0.3, -0.25) is 18.6 Å². The van der Waals surface area contributed by atoms with Crippen molar-refractivity contribution in [1.29, 1.82) is 0 Å². The second-order valence-corrected chi connectivity index (χ2v) is 9.73. The van der Waals surface area contributed by atoms with Crippen molar-refractivity contribution in [3.8, 4) is 0 Å². The van der Waals surface area contributed by atoms with Crippen LogP contribution in [0.1, 0.15) is 50.8 Å². The molecule has 5 heterocycles. The van der Waals surface area contributed by atoms with Crippen molar-refractivity contribution in [1.82, 2.24) is 29.0 Å². The molecule has 2 aliphatic rings. The highest BCUT2D eigenvalue weighted by molar-refractivity contribution is 7.17. The van der Waals surface area contributed by atoms with Gasteiger partial charge in [-0.2, -0.15) is 0 Å². The molecule has 3 aromatic rings. The smallest absolute Gasteiger partial charge is 0.272 e. The van der Waals surface area contributed by atoms with Crippen LogP contribution in [0.5, 0.6) is 0 Å². The van der Waals surface area contributed by atoms with Gasteiger partial charge in [-0.05, 0) is 56.6 Å². The molecule has 1 amide bonds. The zero-order valence-electron chi connectivity index (χ0n) is 18.1. The van der Waals surface area contributed by atoms with E-state index in [4.69, 9.17) is 0 Å². The lowest BCUT2D eigenvalue weighted by Crippen LogP contribution is -2.48. The highest BCUT2D eigenvalue weighted by Crippen LogP contribution is 2.22. The molecule has 166 valence electrons. The SMILES string of the molecule is Cn1c(=O)c2sccc2n2c(CCCC(=O)N3CCC(N4CCCCC4)CC3)nnc12. The van der Waals surface area contributed by atoms with Crippen molar-refractivity contribution in [2.24, 2.45) is 7.05 Å². The summed E-state index contributed by atoms with van der Waals surface area (Å²) < 4.78 is 4.22. The van der Waals surface area contributed by atoms with Gasteiger partial charge in [0.15, 0.2) is 0 Å². The Kier molecular flexibility index (Phi) is 5.79. The maximum atomic E-state index is 12.8. The van der Waals surface area contributed by atoms with E-state index in [0.717, 1.165) is 43.7 Å². The normalized spacial score (nSPS) is 18.9. The first kappa shape index (κ1) is 20.6. The Hall–Kier alpha value is -2.26. The van der Waals surface area contributed by atoms with Crippen molar-refractivity contribution in [3.63, 3.8) is 0 Å². The fraction of sp³-hybridized carbons (Fsp3) is 0.636. The molecule has 3 aromatic heterocycles. The van der Waals surface area contributed by atoms with Gasteiger partial charge in [-0.25, -0.2) is 0 Å². The molecule has 2 aliphatic heterocycles. The molecule has 2 fully saturated rings. The van der Waals surface area contributed by atoms with Crippen molar-refractivity contribution in [2.45, 2.75) is 57.4 Å². The highest BCUT2D eigenvalue weighted by atomic mass is 32.1. The molecule has 9 heteroatoms. The van der Waals surface area contributed by atoms with E-state index in [2.05, 4.69) is 15.1 Å². The third-order valence-corrected chi connectivity index (χ3v) is 7.80. The molecule has 0 spiro atoms. The molecule has 0 aliphatic carbocycles. The third kappa shape index (κ3) is 3.89. The highest BCUT2D eigenvalue weighted by Gasteiger charge is 2.27. The van der Waals surface area contributed by atoms with Gasteiger partial charge in [0.1, 0.15) is 10.5 Å². The molecule has 31 heavy (non-hydrogen) atoms. The maximum Gasteiger partial charge on any atom is 0.272 e. The maximum absolute atomic E-state index is 12.8. The van der Waals surface area contributed by atoms with Crippen molar-refractivity contribution >= 4 is 33.2 Å². The van der Waals surface area contributed by atoms with Crippen LogP contribution in [0.4, 0.5) is 0 Å². The summed E-state index contributed by atoms with van der Waals surface area (Å²) in [6.07, 6.45) is 8.14. The predicted octanol–water partition coefficient (Wildman–Crippen LogP) is 2.44. The summed E-state index contributed by atoms with van der Waals surface area (Å²) in [4.78, 5) is 29.9. The van der Waals surface area contributed by atoms with Gasteiger partial charge in [0, 0.05) is 39.0 Å². The molecule has 2 saturated heterocycles. The van der Waals surface area contributed by atoms with Crippen LogP contribution >= 0.6 is 11.3 Å². The average molecular weight is 443 g/mol. The fourth-order valence-corrected chi connectivity index (χ4v) is 5.99. The molecular weight excluding hydrogens is 412 g/mol. The number of aromatic nitrogens is 4. The Balaban J connectivity index is 1.19. The molecule has 0 radical (unpaired) electrons. The van der Waals surface area contributed by atoms with Gasteiger partial charge in [0.2, 0.25) is 11.7 Å². The second-order valence-electron chi connectivity index (χ2n) is 8.81. The average Bonchev–Trinajstić information content (AvgIpc) is 3.45. The van der Waals surface area contributed by atoms with E-state index in [1.54, 1.807) is 11.6 Å². The number of likely N-dealkylation sites (tertiary alicyclic amines) is 2. The molecule has 0 bridgehead atoms. The molecule has 0 N–H and O–H groups in total. The number of piperidine rings is 2. The van der Waals surface area contributed by atoms with E-state index >= 15 is 0 Å².